The van der Waals surface area contributed by atoms with Gasteiger partial charge in [-0.2, -0.15) is 0 Å². The van der Waals surface area contributed by atoms with Gasteiger partial charge in [-0.05, 0) is 30.2 Å². The van der Waals surface area contributed by atoms with Crippen LogP contribution >= 0.6 is 15.9 Å². The van der Waals surface area contributed by atoms with E-state index in [0.29, 0.717) is 25.9 Å². The van der Waals surface area contributed by atoms with Crippen molar-refractivity contribution < 1.29 is 9.47 Å². The molecule has 0 fully saturated rings. The molecule has 3 nitrogen and oxygen atoms in total. The van der Waals surface area contributed by atoms with Crippen LogP contribution in [0.15, 0.2) is 16.6 Å². The average molecular weight is 272 g/mol. The summed E-state index contributed by atoms with van der Waals surface area (Å²) >= 11 is 3.49. The zero-order valence-electron chi connectivity index (χ0n) is 8.63. The molecule has 1 aliphatic rings. The number of hydrogen-bond donors (Lipinski definition) is 1. The minimum absolute atomic E-state index is 0.300. The van der Waals surface area contributed by atoms with Crippen LogP contribution in [0.3, 0.4) is 0 Å². The number of rotatable bonds is 2. The van der Waals surface area contributed by atoms with E-state index in [4.69, 9.17) is 15.2 Å². The van der Waals surface area contributed by atoms with E-state index in [1.807, 2.05) is 6.07 Å². The summed E-state index contributed by atoms with van der Waals surface area (Å²) in [5, 5.41) is 0. The lowest BCUT2D eigenvalue weighted by Crippen LogP contribution is -2.16. The van der Waals surface area contributed by atoms with Crippen molar-refractivity contribution in [3.05, 3.63) is 27.7 Å². The lowest BCUT2D eigenvalue weighted by atomic mass is 9.97. The van der Waals surface area contributed by atoms with Crippen LogP contribution in [0.1, 0.15) is 24.0 Å². The molecule has 0 spiro atoms. The summed E-state index contributed by atoms with van der Waals surface area (Å²) in [6.45, 7) is 3.66. The molecule has 0 saturated carbocycles. The van der Waals surface area contributed by atoms with Crippen molar-refractivity contribution in [2.24, 2.45) is 5.73 Å². The summed E-state index contributed by atoms with van der Waals surface area (Å²) in [5.41, 5.74) is 7.93. The summed E-state index contributed by atoms with van der Waals surface area (Å²) in [5.74, 6) is 1.25. The molecule has 1 aromatic carbocycles. The standard InChI is InChI=1S/C11H14BrNO2/c1-7(4-13)10-3-9(12)2-8-5-14-6-15-11(8)10/h2-3,7H,4-6,13H2,1H3. The highest BCUT2D eigenvalue weighted by Gasteiger charge is 2.19. The number of ether oxygens (including phenoxy) is 2. The molecule has 1 atom stereocenters. The predicted molar refractivity (Wildman–Crippen MR) is 61.9 cm³/mol. The van der Waals surface area contributed by atoms with Gasteiger partial charge in [0, 0.05) is 10.0 Å². The Kier molecular flexibility index (Phi) is 3.29. The molecule has 1 aliphatic heterocycles. The molecule has 2 rings (SSSR count). The number of benzene rings is 1. The summed E-state index contributed by atoms with van der Waals surface area (Å²) in [6.07, 6.45) is 0. The number of nitrogens with two attached hydrogens (primary N) is 1. The third-order valence-electron chi connectivity index (χ3n) is 2.59. The zero-order valence-corrected chi connectivity index (χ0v) is 10.2. The van der Waals surface area contributed by atoms with Crippen molar-refractivity contribution in [1.29, 1.82) is 0 Å². The van der Waals surface area contributed by atoms with Crippen LogP contribution in [0.25, 0.3) is 0 Å². The summed E-state index contributed by atoms with van der Waals surface area (Å²) < 4.78 is 11.8. The van der Waals surface area contributed by atoms with Gasteiger partial charge in [0.2, 0.25) is 0 Å². The molecule has 82 valence electrons. The van der Waals surface area contributed by atoms with Crippen LogP contribution in [0.5, 0.6) is 5.75 Å². The molecule has 4 heteroatoms. The Bertz CT molecular complexity index is 368. The maximum atomic E-state index is 5.69. The molecule has 0 amide bonds. The molecule has 0 bridgehead atoms. The van der Waals surface area contributed by atoms with E-state index >= 15 is 0 Å². The molecule has 1 aromatic rings. The zero-order chi connectivity index (χ0) is 10.8. The highest BCUT2D eigenvalue weighted by atomic mass is 79.9. The molecule has 1 unspecified atom stereocenters. The van der Waals surface area contributed by atoms with Crippen molar-refractivity contribution in [2.45, 2.75) is 19.4 Å². The van der Waals surface area contributed by atoms with Gasteiger partial charge in [-0.3, -0.25) is 0 Å². The number of hydrogen-bond acceptors (Lipinski definition) is 3. The van der Waals surface area contributed by atoms with Crippen molar-refractivity contribution in [3.8, 4) is 5.75 Å². The highest BCUT2D eigenvalue weighted by Crippen LogP contribution is 2.35. The number of halogens is 1. The van der Waals surface area contributed by atoms with E-state index in [9.17, 15) is 0 Å². The van der Waals surface area contributed by atoms with Gasteiger partial charge < -0.3 is 15.2 Å². The molecular weight excluding hydrogens is 258 g/mol. The largest absolute Gasteiger partial charge is 0.467 e. The first-order valence-electron chi connectivity index (χ1n) is 4.95. The third kappa shape index (κ3) is 2.17. The Morgan fingerprint density at radius 2 is 2.33 bits per heavy atom. The van der Waals surface area contributed by atoms with Crippen molar-refractivity contribution in [1.82, 2.24) is 0 Å². The van der Waals surface area contributed by atoms with Gasteiger partial charge in [-0.1, -0.05) is 22.9 Å². The maximum absolute atomic E-state index is 5.69. The van der Waals surface area contributed by atoms with E-state index < -0.39 is 0 Å². The molecule has 0 saturated heterocycles. The quantitative estimate of drug-likeness (QED) is 0.899. The van der Waals surface area contributed by atoms with E-state index in [-0.39, 0.29) is 0 Å². The second-order valence-electron chi connectivity index (χ2n) is 3.73. The predicted octanol–water partition coefficient (Wildman–Crippen LogP) is 2.38. The minimum atomic E-state index is 0.300. The molecular formula is C11H14BrNO2. The fourth-order valence-electron chi connectivity index (χ4n) is 1.70. The van der Waals surface area contributed by atoms with Gasteiger partial charge in [-0.15, -0.1) is 0 Å². The van der Waals surface area contributed by atoms with E-state index in [1.165, 1.54) is 0 Å². The van der Waals surface area contributed by atoms with Gasteiger partial charge in [0.05, 0.1) is 6.61 Å². The van der Waals surface area contributed by atoms with Crippen LogP contribution in [-0.2, 0) is 11.3 Å². The minimum Gasteiger partial charge on any atom is -0.467 e. The van der Waals surface area contributed by atoms with Gasteiger partial charge in [-0.25, -0.2) is 0 Å². The molecule has 0 radical (unpaired) electrons. The van der Waals surface area contributed by atoms with Crippen molar-refractivity contribution >= 4 is 15.9 Å². The second kappa shape index (κ2) is 4.51. The van der Waals surface area contributed by atoms with Crippen LogP contribution in [0.2, 0.25) is 0 Å². The lowest BCUT2D eigenvalue weighted by molar-refractivity contribution is -0.0172. The fraction of sp³-hybridized carbons (Fsp3) is 0.455. The summed E-state index contributed by atoms with van der Waals surface area (Å²) in [7, 11) is 0. The third-order valence-corrected chi connectivity index (χ3v) is 3.05. The van der Waals surface area contributed by atoms with Gasteiger partial charge in [0.25, 0.3) is 0 Å². The van der Waals surface area contributed by atoms with Crippen LogP contribution < -0.4 is 10.5 Å². The normalized spacial score (nSPS) is 16.7. The highest BCUT2D eigenvalue weighted by molar-refractivity contribution is 9.10. The van der Waals surface area contributed by atoms with Gasteiger partial charge in [0.1, 0.15) is 5.75 Å². The fourth-order valence-corrected chi connectivity index (χ4v) is 2.22. The van der Waals surface area contributed by atoms with Crippen molar-refractivity contribution in [2.75, 3.05) is 13.3 Å². The van der Waals surface area contributed by atoms with Crippen LogP contribution in [0, 0.1) is 0 Å². The smallest absolute Gasteiger partial charge is 0.189 e. The summed E-state index contributed by atoms with van der Waals surface area (Å²) in [4.78, 5) is 0. The monoisotopic (exact) mass is 271 g/mol. The molecule has 0 aromatic heterocycles. The molecule has 2 N–H and O–H groups in total. The first kappa shape index (κ1) is 10.9. The topological polar surface area (TPSA) is 44.5 Å². The first-order chi connectivity index (χ1) is 7.22. The molecule has 0 aliphatic carbocycles. The van der Waals surface area contributed by atoms with E-state index in [0.717, 1.165) is 21.3 Å². The molecule has 1 heterocycles. The molecule has 15 heavy (non-hydrogen) atoms. The van der Waals surface area contributed by atoms with Crippen LogP contribution in [0.4, 0.5) is 0 Å². The Labute approximate surface area is 97.7 Å². The number of fused-ring (bicyclic) bond motifs is 1. The maximum Gasteiger partial charge on any atom is 0.189 e. The Morgan fingerprint density at radius 1 is 1.53 bits per heavy atom. The summed E-state index contributed by atoms with van der Waals surface area (Å²) in [6, 6.07) is 4.10. The second-order valence-corrected chi connectivity index (χ2v) is 4.65. The Morgan fingerprint density at radius 3 is 3.07 bits per heavy atom. The van der Waals surface area contributed by atoms with Gasteiger partial charge in [0.15, 0.2) is 6.79 Å². The van der Waals surface area contributed by atoms with Gasteiger partial charge >= 0.3 is 0 Å². The van der Waals surface area contributed by atoms with Crippen LogP contribution in [-0.4, -0.2) is 13.3 Å². The van der Waals surface area contributed by atoms with E-state index in [1.54, 1.807) is 0 Å². The van der Waals surface area contributed by atoms with Crippen molar-refractivity contribution in [3.63, 3.8) is 0 Å². The van der Waals surface area contributed by atoms with E-state index in [2.05, 4.69) is 28.9 Å². The average Bonchev–Trinajstić information content (AvgIpc) is 2.26. The SMILES string of the molecule is CC(CN)c1cc(Br)cc2c1OCOC2. The lowest BCUT2D eigenvalue weighted by Gasteiger charge is -2.23. The Balaban J connectivity index is 2.47. The Hall–Kier alpha value is -0.580. The first-order valence-corrected chi connectivity index (χ1v) is 5.74.